The summed E-state index contributed by atoms with van der Waals surface area (Å²) in [6, 6.07) is 12.0. The first-order chi connectivity index (χ1) is 14.4. The van der Waals surface area contributed by atoms with Crippen molar-refractivity contribution in [1.82, 2.24) is 5.32 Å². The van der Waals surface area contributed by atoms with Crippen LogP contribution in [0.25, 0.3) is 11.1 Å². The predicted octanol–water partition coefficient (Wildman–Crippen LogP) is 5.35. The molecule has 0 radical (unpaired) electrons. The van der Waals surface area contributed by atoms with Crippen molar-refractivity contribution < 1.29 is 14.6 Å². The van der Waals surface area contributed by atoms with Crippen LogP contribution in [-0.4, -0.2) is 27.7 Å². The summed E-state index contributed by atoms with van der Waals surface area (Å²) in [7, 11) is 1.65. The number of methoxy groups -OCH3 is 1. The lowest BCUT2D eigenvalue weighted by Crippen LogP contribution is -2.25. The first kappa shape index (κ1) is 21.2. The van der Waals surface area contributed by atoms with Crippen LogP contribution in [0.15, 0.2) is 36.4 Å². The van der Waals surface area contributed by atoms with Gasteiger partial charge < -0.3 is 15.2 Å². The Morgan fingerprint density at radius 3 is 2.60 bits per heavy atom. The fourth-order valence-electron chi connectivity index (χ4n) is 4.61. The number of phenolic OH excluding ortho intramolecular Hbond substituents is 1. The molecule has 4 nitrogen and oxygen atoms in total. The van der Waals surface area contributed by atoms with Crippen LogP contribution in [0.2, 0.25) is 0 Å². The summed E-state index contributed by atoms with van der Waals surface area (Å²) in [6.07, 6.45) is 6.45. The van der Waals surface area contributed by atoms with E-state index in [1.807, 2.05) is 24.3 Å². The number of ether oxygens (including phenoxy) is 1. The molecule has 2 aromatic rings. The summed E-state index contributed by atoms with van der Waals surface area (Å²) in [5.74, 6) is 1.09. The maximum Gasteiger partial charge on any atom is 0.239 e. The van der Waals surface area contributed by atoms with Gasteiger partial charge in [0, 0.05) is 5.56 Å². The van der Waals surface area contributed by atoms with E-state index in [-0.39, 0.29) is 16.6 Å². The molecule has 0 aromatic heterocycles. The van der Waals surface area contributed by atoms with Crippen LogP contribution < -0.4 is 10.1 Å². The fourth-order valence-corrected chi connectivity index (χ4v) is 5.91. The molecule has 1 aliphatic heterocycles. The van der Waals surface area contributed by atoms with Crippen molar-refractivity contribution in [3.8, 4) is 22.6 Å². The topological polar surface area (TPSA) is 58.6 Å². The molecular weight excluding hydrogens is 414 g/mol. The van der Waals surface area contributed by atoms with Crippen molar-refractivity contribution in [3.05, 3.63) is 47.5 Å². The van der Waals surface area contributed by atoms with Crippen LogP contribution in [0.1, 0.15) is 50.2 Å². The minimum absolute atomic E-state index is 0.00824. The van der Waals surface area contributed by atoms with E-state index in [1.165, 1.54) is 31.0 Å². The van der Waals surface area contributed by atoms with E-state index in [4.69, 9.17) is 17.0 Å². The van der Waals surface area contributed by atoms with Crippen molar-refractivity contribution in [2.45, 2.75) is 56.1 Å². The average Bonchev–Trinajstić information content (AvgIpc) is 3.05. The second-order valence-electron chi connectivity index (χ2n) is 8.51. The van der Waals surface area contributed by atoms with Gasteiger partial charge in [-0.25, -0.2) is 0 Å². The van der Waals surface area contributed by atoms with Gasteiger partial charge in [-0.3, -0.25) is 4.79 Å². The Morgan fingerprint density at radius 2 is 1.93 bits per heavy atom. The molecule has 6 heteroatoms. The molecule has 1 saturated carbocycles. The summed E-state index contributed by atoms with van der Waals surface area (Å²) in [4.78, 5) is 12.1. The molecule has 1 aliphatic carbocycles. The molecule has 1 heterocycles. The SMILES string of the molecule is COc1cc(CC2SC(=S)NC2=O)cc(-c2ccc(O)c(C3(C)CCCCC3)c2)c1. The molecular formula is C24H27NO3S2. The van der Waals surface area contributed by atoms with Gasteiger partial charge in [-0.05, 0) is 65.6 Å². The number of hydrogen-bond donors (Lipinski definition) is 2. The Hall–Kier alpha value is -2.05. The third-order valence-electron chi connectivity index (χ3n) is 6.33. The van der Waals surface area contributed by atoms with Crippen LogP contribution >= 0.6 is 24.0 Å². The maximum atomic E-state index is 12.1. The van der Waals surface area contributed by atoms with E-state index in [2.05, 4.69) is 24.4 Å². The summed E-state index contributed by atoms with van der Waals surface area (Å²) in [6.45, 7) is 2.26. The number of benzene rings is 2. The summed E-state index contributed by atoms with van der Waals surface area (Å²) in [5, 5.41) is 13.1. The van der Waals surface area contributed by atoms with E-state index in [1.54, 1.807) is 7.11 Å². The van der Waals surface area contributed by atoms with E-state index in [0.717, 1.165) is 40.8 Å². The van der Waals surface area contributed by atoms with Gasteiger partial charge in [-0.2, -0.15) is 0 Å². The number of thiocarbonyl (C=S) groups is 1. The van der Waals surface area contributed by atoms with Crippen molar-refractivity contribution in [2.75, 3.05) is 7.11 Å². The van der Waals surface area contributed by atoms with Gasteiger partial charge in [0.25, 0.3) is 0 Å². The standard InChI is InChI=1S/C24H27NO3S2/c1-24(8-4-3-5-9-24)19-14-16(6-7-20(19)26)17-10-15(11-18(13-17)28-2)12-21-22(27)25-23(29)30-21/h6-7,10-11,13-14,21,26H,3-5,8-9,12H2,1-2H3,(H,25,27,29). The van der Waals surface area contributed by atoms with E-state index in [9.17, 15) is 9.90 Å². The van der Waals surface area contributed by atoms with Gasteiger partial charge in [0.1, 0.15) is 15.8 Å². The Morgan fingerprint density at radius 1 is 1.17 bits per heavy atom. The smallest absolute Gasteiger partial charge is 0.239 e. The van der Waals surface area contributed by atoms with Gasteiger partial charge in [0.05, 0.1) is 12.4 Å². The molecule has 1 unspecified atom stereocenters. The quantitative estimate of drug-likeness (QED) is 0.613. The molecule has 0 spiro atoms. The molecule has 30 heavy (non-hydrogen) atoms. The molecule has 2 N–H and O–H groups in total. The Labute approximate surface area is 187 Å². The molecule has 2 aliphatic rings. The normalized spacial score (nSPS) is 20.8. The number of nitrogens with one attached hydrogen (secondary N) is 1. The zero-order chi connectivity index (χ0) is 21.3. The minimum atomic E-state index is -0.214. The van der Waals surface area contributed by atoms with E-state index >= 15 is 0 Å². The highest BCUT2D eigenvalue weighted by atomic mass is 32.2. The first-order valence-electron chi connectivity index (χ1n) is 10.4. The monoisotopic (exact) mass is 441 g/mol. The van der Waals surface area contributed by atoms with Gasteiger partial charge in [0.15, 0.2) is 0 Å². The number of aromatic hydroxyl groups is 1. The van der Waals surface area contributed by atoms with Gasteiger partial charge >= 0.3 is 0 Å². The number of hydrogen-bond acceptors (Lipinski definition) is 5. The lowest BCUT2D eigenvalue weighted by atomic mass is 9.70. The van der Waals surface area contributed by atoms with Crippen LogP contribution in [0.4, 0.5) is 0 Å². The van der Waals surface area contributed by atoms with Crippen molar-refractivity contribution in [2.24, 2.45) is 0 Å². The number of amides is 1. The summed E-state index contributed by atoms with van der Waals surface area (Å²) in [5.41, 5.74) is 4.14. The third kappa shape index (κ3) is 4.35. The number of thioether (sulfide) groups is 1. The van der Waals surface area contributed by atoms with Gasteiger partial charge in [-0.1, -0.05) is 62.3 Å². The van der Waals surface area contributed by atoms with Crippen LogP contribution in [0.5, 0.6) is 11.5 Å². The summed E-state index contributed by atoms with van der Waals surface area (Å²) >= 11 is 6.53. The number of rotatable bonds is 5. The van der Waals surface area contributed by atoms with Gasteiger partial charge in [-0.15, -0.1) is 0 Å². The molecule has 1 saturated heterocycles. The zero-order valence-electron chi connectivity index (χ0n) is 17.4. The number of carbonyl (C=O) groups excluding carboxylic acids is 1. The fraction of sp³-hybridized carbons (Fsp3) is 0.417. The largest absolute Gasteiger partial charge is 0.508 e. The number of phenols is 1. The van der Waals surface area contributed by atoms with E-state index < -0.39 is 0 Å². The lowest BCUT2D eigenvalue weighted by molar-refractivity contribution is -0.118. The average molecular weight is 442 g/mol. The molecule has 1 atom stereocenters. The maximum absolute atomic E-state index is 12.1. The van der Waals surface area contributed by atoms with E-state index in [0.29, 0.717) is 16.5 Å². The van der Waals surface area contributed by atoms with Crippen LogP contribution in [0, 0.1) is 0 Å². The summed E-state index contributed by atoms with van der Waals surface area (Å²) < 4.78 is 6.08. The van der Waals surface area contributed by atoms with Crippen molar-refractivity contribution >= 4 is 34.2 Å². The van der Waals surface area contributed by atoms with Crippen LogP contribution in [0.3, 0.4) is 0 Å². The highest BCUT2D eigenvalue weighted by Gasteiger charge is 2.32. The molecule has 2 fully saturated rings. The van der Waals surface area contributed by atoms with Crippen molar-refractivity contribution in [3.63, 3.8) is 0 Å². The highest BCUT2D eigenvalue weighted by Crippen LogP contribution is 2.44. The van der Waals surface area contributed by atoms with Crippen LogP contribution in [-0.2, 0) is 16.6 Å². The molecule has 1 amide bonds. The second kappa shape index (κ2) is 8.60. The minimum Gasteiger partial charge on any atom is -0.508 e. The Balaban J connectivity index is 1.69. The first-order valence-corrected chi connectivity index (χ1v) is 11.7. The molecule has 2 aromatic carbocycles. The number of carbonyl (C=O) groups is 1. The van der Waals surface area contributed by atoms with Crippen molar-refractivity contribution in [1.29, 1.82) is 0 Å². The highest BCUT2D eigenvalue weighted by molar-refractivity contribution is 8.24. The van der Waals surface area contributed by atoms with Gasteiger partial charge in [0.2, 0.25) is 5.91 Å². The molecule has 0 bridgehead atoms. The lowest BCUT2D eigenvalue weighted by Gasteiger charge is -2.35. The second-order valence-corrected chi connectivity index (χ2v) is 10.4. The molecule has 158 valence electrons. The Kier molecular flexibility index (Phi) is 6.07. The third-order valence-corrected chi connectivity index (χ3v) is 7.70. The zero-order valence-corrected chi connectivity index (χ0v) is 19.0. The molecule has 4 rings (SSSR count). The predicted molar refractivity (Wildman–Crippen MR) is 126 cm³/mol. The Bertz CT molecular complexity index is 982.